The lowest BCUT2D eigenvalue weighted by Gasteiger charge is -2.39. The van der Waals surface area contributed by atoms with Crippen molar-refractivity contribution in [3.8, 4) is 17.3 Å². The molecule has 0 unspecified atom stereocenters. The van der Waals surface area contributed by atoms with Gasteiger partial charge in [0, 0.05) is 55.1 Å². The van der Waals surface area contributed by atoms with E-state index in [1.54, 1.807) is 18.2 Å². The minimum absolute atomic E-state index is 0.0138. The normalized spacial score (nSPS) is 18.8. The minimum Gasteiger partial charge on any atom is -0.486 e. The van der Waals surface area contributed by atoms with E-state index in [4.69, 9.17) is 26.1 Å². The molecular weight excluding hydrogens is 677 g/mol. The van der Waals surface area contributed by atoms with Crippen molar-refractivity contribution in [2.75, 3.05) is 37.7 Å². The molecule has 0 spiro atoms. The number of piperazine rings is 1. The molecule has 7 rings (SSSR count). The monoisotopic (exact) mass is 702 g/mol. The molecule has 2 aliphatic heterocycles. The fraction of sp³-hybridized carbons (Fsp3) is 0.367. The first-order chi connectivity index (χ1) is 22.9. The number of fused-ring (bicyclic) bond motifs is 1. The fourth-order valence-electron chi connectivity index (χ4n) is 5.56. The van der Waals surface area contributed by atoms with E-state index in [9.17, 15) is 22.0 Å². The van der Waals surface area contributed by atoms with E-state index in [0.717, 1.165) is 12.1 Å². The molecule has 3 aromatic heterocycles. The number of aromatic nitrogens is 7. The number of nitrogens with one attached hydrogen (secondary N) is 1. The van der Waals surface area contributed by atoms with Gasteiger partial charge in [0.05, 0.1) is 28.6 Å². The van der Waals surface area contributed by atoms with Crippen molar-refractivity contribution >= 4 is 38.7 Å². The van der Waals surface area contributed by atoms with Gasteiger partial charge in [-0.25, -0.2) is 18.7 Å². The zero-order chi connectivity index (χ0) is 33.6. The van der Waals surface area contributed by atoms with Crippen LogP contribution in [0.15, 0.2) is 42.5 Å². The summed E-state index contributed by atoms with van der Waals surface area (Å²) in [7, 11) is 3.71. The third kappa shape index (κ3) is 6.72. The van der Waals surface area contributed by atoms with E-state index < -0.39 is 28.9 Å². The highest BCUT2D eigenvalue weighted by molar-refractivity contribution is 6.30. The molecule has 0 saturated carbocycles. The van der Waals surface area contributed by atoms with Crippen molar-refractivity contribution in [3.63, 3.8) is 0 Å². The zero-order valence-electron chi connectivity index (χ0n) is 25.1. The molecule has 2 fully saturated rings. The first-order valence-corrected chi connectivity index (χ1v) is 15.8. The number of H-pyrrole nitrogens is 1. The maximum Gasteiger partial charge on any atom is 0.451 e. The Morgan fingerprint density at radius 1 is 1.00 bits per heavy atom. The molecule has 48 heavy (non-hydrogen) atoms. The van der Waals surface area contributed by atoms with E-state index in [1.807, 2.05) is 9.67 Å². The van der Waals surface area contributed by atoms with Crippen LogP contribution >= 0.6 is 11.6 Å². The predicted molar refractivity (Wildman–Crippen MR) is 164 cm³/mol. The second kappa shape index (κ2) is 12.7. The number of benzene rings is 2. The molecule has 2 aliphatic rings. The van der Waals surface area contributed by atoms with Crippen LogP contribution in [0.3, 0.4) is 0 Å². The van der Waals surface area contributed by atoms with Gasteiger partial charge < -0.3 is 18.9 Å². The van der Waals surface area contributed by atoms with Gasteiger partial charge in [-0.2, -0.15) is 18.3 Å². The lowest BCUT2D eigenvalue weighted by atomic mass is 10.1. The molecule has 18 heteroatoms. The van der Waals surface area contributed by atoms with Crippen LogP contribution < -0.4 is 9.64 Å². The average molecular weight is 703 g/mol. The Morgan fingerprint density at radius 3 is 2.48 bits per heavy atom. The van der Waals surface area contributed by atoms with Gasteiger partial charge in [-0.1, -0.05) is 17.7 Å². The number of hydrogen-bond donors (Lipinski definition) is 1. The summed E-state index contributed by atoms with van der Waals surface area (Å²) in [6, 6.07) is 10.3. The number of aromatic amines is 1. The Morgan fingerprint density at radius 2 is 1.79 bits per heavy atom. The molecule has 249 valence electrons. The van der Waals surface area contributed by atoms with Gasteiger partial charge in [-0.3, -0.25) is 10.00 Å². The topological polar surface area (TPSA) is 110 Å². The van der Waals surface area contributed by atoms with Crippen molar-refractivity contribution in [2.45, 2.75) is 37.5 Å². The average Bonchev–Trinajstić information content (AvgIpc) is 3.67. The number of halogens is 6. The van der Waals surface area contributed by atoms with Crippen molar-refractivity contribution in [3.05, 3.63) is 76.3 Å². The molecule has 1 N–H and O–H groups in total. The van der Waals surface area contributed by atoms with Gasteiger partial charge in [0.25, 0.3) is 0 Å². The van der Waals surface area contributed by atoms with E-state index >= 15 is 0 Å². The summed E-state index contributed by atoms with van der Waals surface area (Å²) < 4.78 is 81.3. The second-order valence-electron chi connectivity index (χ2n) is 11.6. The van der Waals surface area contributed by atoms with Crippen molar-refractivity contribution in [1.29, 1.82) is 0 Å². The second-order valence-corrected chi connectivity index (χ2v) is 12.9. The van der Waals surface area contributed by atoms with Crippen molar-refractivity contribution < 1.29 is 31.4 Å². The van der Waals surface area contributed by atoms with Gasteiger partial charge >= 0.3 is 6.18 Å². The molecule has 1 atom stereocenters. The van der Waals surface area contributed by atoms with E-state index in [1.165, 1.54) is 24.3 Å². The molecule has 3 radical (unpaired) electrons. The smallest absolute Gasteiger partial charge is 0.451 e. The molecule has 5 heterocycles. The summed E-state index contributed by atoms with van der Waals surface area (Å²) >= 11 is 5.82. The summed E-state index contributed by atoms with van der Waals surface area (Å²) in [5.74, 6) is -1.87. The largest absolute Gasteiger partial charge is 0.486 e. The van der Waals surface area contributed by atoms with Crippen LogP contribution in [0.25, 0.3) is 22.7 Å². The summed E-state index contributed by atoms with van der Waals surface area (Å²) in [4.78, 5) is 12.6. The third-order valence-electron chi connectivity index (χ3n) is 8.27. The number of hydrogen-bond acceptors (Lipinski definition) is 9. The number of nitrogens with zero attached hydrogens (tertiary/aromatic N) is 8. The molecular formula is C30H26ClF5N9O2Si. The zero-order valence-corrected chi connectivity index (χ0v) is 26.8. The number of ether oxygens (including phenoxy) is 2. The maximum atomic E-state index is 14.6. The summed E-state index contributed by atoms with van der Waals surface area (Å²) in [5.41, 5.74) is 1.95. The Kier molecular flexibility index (Phi) is 8.55. The van der Waals surface area contributed by atoms with Crippen LogP contribution in [0.2, 0.25) is 5.02 Å². The molecule has 11 nitrogen and oxygen atoms in total. The van der Waals surface area contributed by atoms with Crippen LogP contribution in [0.4, 0.5) is 27.6 Å². The van der Waals surface area contributed by atoms with Crippen molar-refractivity contribution in [2.24, 2.45) is 0 Å². The number of rotatable bonds is 9. The van der Waals surface area contributed by atoms with Crippen molar-refractivity contribution in [1.82, 2.24) is 39.8 Å². The van der Waals surface area contributed by atoms with Gasteiger partial charge in [0.1, 0.15) is 29.5 Å². The number of alkyl halides is 3. The molecule has 0 amide bonds. The van der Waals surface area contributed by atoms with Crippen LogP contribution in [0.1, 0.15) is 23.6 Å². The highest BCUT2D eigenvalue weighted by atomic mass is 35.5. The highest BCUT2D eigenvalue weighted by Crippen LogP contribution is 2.31. The first-order valence-electron chi connectivity index (χ1n) is 14.9. The summed E-state index contributed by atoms with van der Waals surface area (Å²) in [6.07, 6.45) is -3.91. The highest BCUT2D eigenvalue weighted by Gasteiger charge is 2.37. The Labute approximate surface area is 278 Å². The third-order valence-corrected chi connectivity index (χ3v) is 9.06. The SMILES string of the molecule is Fc1cc(Cl)ccc1COc1cc(N2CCN(Cc3nc4cc(-c5n[nH]c(C(F)(F)F)n5)nnc4n3C[C@]3([Si])CCO3)CC2)ccc1F. The molecule has 2 saturated heterocycles. The van der Waals surface area contributed by atoms with E-state index in [0.29, 0.717) is 62.9 Å². The Bertz CT molecular complexity index is 1960. The van der Waals surface area contributed by atoms with Gasteiger partial charge in [-0.15, -0.1) is 10.2 Å². The lowest BCUT2D eigenvalue weighted by molar-refractivity contribution is -0.144. The molecule has 0 bridgehead atoms. The number of imidazole rings is 1. The Hall–Kier alpha value is -4.19. The van der Waals surface area contributed by atoms with Crippen LogP contribution in [0.5, 0.6) is 5.75 Å². The first kappa shape index (κ1) is 32.4. The standard InChI is InChI=1S/C30H26ClF5N9O2Si/c31-18-2-1-17(21(33)11-18)15-46-24-12-19(3-4-20(24)32)44-8-6-43(7-9-44)14-25-37-23-13-22(26-38-28(42-40-26)30(34,35)36)39-41-27(23)45(25)16-29(48)5-10-47-29/h1-4,11-13H,5-10,14-16H2,(H,38,40,42)/t29-/m1/s1. The summed E-state index contributed by atoms with van der Waals surface area (Å²) in [6.45, 7) is 3.83. The predicted octanol–water partition coefficient (Wildman–Crippen LogP) is 4.75. The molecule has 0 aliphatic carbocycles. The van der Waals surface area contributed by atoms with Crippen LogP contribution in [-0.4, -0.2) is 88.1 Å². The molecule has 2 aromatic carbocycles. The minimum atomic E-state index is -4.68. The summed E-state index contributed by atoms with van der Waals surface area (Å²) in [5, 5.41) is 13.6. The Balaban J connectivity index is 1.06. The maximum absolute atomic E-state index is 14.6. The lowest BCUT2D eigenvalue weighted by Crippen LogP contribution is -2.49. The quantitative estimate of drug-likeness (QED) is 0.172. The molecule has 5 aromatic rings. The van der Waals surface area contributed by atoms with Gasteiger partial charge in [-0.05, 0) is 36.8 Å². The number of anilines is 1. The van der Waals surface area contributed by atoms with E-state index in [2.05, 4.69) is 40.3 Å². The van der Waals surface area contributed by atoms with Gasteiger partial charge in [0.2, 0.25) is 11.6 Å². The van der Waals surface area contributed by atoms with Crippen LogP contribution in [-0.2, 0) is 30.6 Å². The van der Waals surface area contributed by atoms with Crippen LogP contribution in [0, 0.1) is 11.6 Å². The van der Waals surface area contributed by atoms with E-state index in [-0.39, 0.29) is 34.5 Å². The fourth-order valence-corrected chi connectivity index (χ4v) is 6.08. The van der Waals surface area contributed by atoms with Gasteiger partial charge in [0.15, 0.2) is 17.2 Å².